The van der Waals surface area contributed by atoms with Crippen LogP contribution in [-0.2, 0) is 16.3 Å². The summed E-state index contributed by atoms with van der Waals surface area (Å²) in [7, 11) is -2.82. The highest BCUT2D eigenvalue weighted by molar-refractivity contribution is 7.91. The Morgan fingerprint density at radius 3 is 3.00 bits per heavy atom. The molecule has 0 bridgehead atoms. The summed E-state index contributed by atoms with van der Waals surface area (Å²) >= 11 is 0. The van der Waals surface area contributed by atoms with Crippen molar-refractivity contribution in [1.29, 1.82) is 0 Å². The van der Waals surface area contributed by atoms with Gasteiger partial charge in [0.25, 0.3) is 0 Å². The summed E-state index contributed by atoms with van der Waals surface area (Å²) in [6.07, 6.45) is 4.71. The Kier molecular flexibility index (Phi) is 3.81. The number of para-hydroxylation sites is 1. The van der Waals surface area contributed by atoms with Crippen LogP contribution in [0.25, 0.3) is 10.9 Å². The highest BCUT2D eigenvalue weighted by Gasteiger charge is 2.23. The normalized spacial score (nSPS) is 22.1. The fourth-order valence-corrected chi connectivity index (χ4v) is 4.60. The fourth-order valence-electron chi connectivity index (χ4n) is 2.93. The Balaban J connectivity index is 1.57. The van der Waals surface area contributed by atoms with Gasteiger partial charge >= 0.3 is 0 Å². The Bertz CT molecular complexity index is 691. The molecule has 20 heavy (non-hydrogen) atoms. The second-order valence-electron chi connectivity index (χ2n) is 5.52. The molecule has 108 valence electrons. The van der Waals surface area contributed by atoms with Crippen LogP contribution in [0.4, 0.5) is 0 Å². The molecule has 0 aliphatic carbocycles. The lowest BCUT2D eigenvalue weighted by Gasteiger charge is -2.23. The Morgan fingerprint density at radius 2 is 2.15 bits per heavy atom. The molecule has 1 fully saturated rings. The van der Waals surface area contributed by atoms with Gasteiger partial charge in [-0.05, 0) is 37.4 Å². The van der Waals surface area contributed by atoms with Crippen molar-refractivity contribution >= 4 is 20.7 Å². The van der Waals surface area contributed by atoms with Crippen molar-refractivity contribution in [3.8, 4) is 0 Å². The van der Waals surface area contributed by atoms with Crippen LogP contribution in [0.2, 0.25) is 0 Å². The lowest BCUT2D eigenvalue weighted by Crippen LogP contribution is -2.40. The molecule has 1 aromatic carbocycles. The molecular weight excluding hydrogens is 272 g/mol. The lowest BCUT2D eigenvalue weighted by atomic mass is 10.1. The van der Waals surface area contributed by atoms with E-state index in [-0.39, 0.29) is 6.04 Å². The summed E-state index contributed by atoms with van der Waals surface area (Å²) in [5.41, 5.74) is 2.44. The quantitative estimate of drug-likeness (QED) is 0.904. The number of nitrogens with one attached hydrogen (secondary N) is 2. The molecule has 3 rings (SSSR count). The number of sulfone groups is 1. The third-order valence-corrected chi connectivity index (χ3v) is 5.79. The van der Waals surface area contributed by atoms with Crippen molar-refractivity contribution in [2.24, 2.45) is 0 Å². The van der Waals surface area contributed by atoms with Crippen LogP contribution in [-0.4, -0.2) is 37.5 Å². The Labute approximate surface area is 119 Å². The van der Waals surface area contributed by atoms with Crippen molar-refractivity contribution in [3.05, 3.63) is 36.0 Å². The monoisotopic (exact) mass is 292 g/mol. The molecule has 1 aliphatic heterocycles. The fraction of sp³-hybridized carbons (Fsp3) is 0.467. The van der Waals surface area contributed by atoms with Crippen molar-refractivity contribution in [2.75, 3.05) is 18.1 Å². The maximum absolute atomic E-state index is 11.6. The molecule has 5 heteroatoms. The molecule has 0 amide bonds. The van der Waals surface area contributed by atoms with E-state index in [1.165, 1.54) is 10.9 Å². The summed E-state index contributed by atoms with van der Waals surface area (Å²) in [6, 6.07) is 8.37. The molecule has 1 saturated heterocycles. The zero-order valence-electron chi connectivity index (χ0n) is 11.4. The minimum atomic E-state index is -2.82. The van der Waals surface area contributed by atoms with Crippen LogP contribution in [0.1, 0.15) is 18.4 Å². The molecular formula is C15H20N2O2S. The van der Waals surface area contributed by atoms with Gasteiger partial charge in [0.1, 0.15) is 0 Å². The number of rotatable bonds is 4. The topological polar surface area (TPSA) is 62.0 Å². The van der Waals surface area contributed by atoms with Gasteiger partial charge in [0.2, 0.25) is 0 Å². The standard InChI is InChI=1S/C15H20N2O2S/c18-20(19)9-3-4-13(11-20)16-8-7-12-10-17-15-6-2-1-5-14(12)15/h1-2,5-6,10,13,16-17H,3-4,7-9,11H2. The van der Waals surface area contributed by atoms with Crippen molar-refractivity contribution in [1.82, 2.24) is 10.3 Å². The minimum absolute atomic E-state index is 0.124. The molecule has 0 spiro atoms. The predicted molar refractivity (Wildman–Crippen MR) is 81.7 cm³/mol. The zero-order valence-corrected chi connectivity index (χ0v) is 12.2. The van der Waals surface area contributed by atoms with E-state index < -0.39 is 9.84 Å². The molecule has 1 atom stereocenters. The third-order valence-electron chi connectivity index (χ3n) is 3.97. The first-order chi connectivity index (χ1) is 9.64. The minimum Gasteiger partial charge on any atom is -0.361 e. The van der Waals surface area contributed by atoms with E-state index in [0.717, 1.165) is 31.3 Å². The molecule has 0 radical (unpaired) electrons. The molecule has 0 saturated carbocycles. The maximum Gasteiger partial charge on any atom is 0.151 e. The van der Waals surface area contributed by atoms with Crippen molar-refractivity contribution < 1.29 is 8.42 Å². The number of H-pyrrole nitrogens is 1. The van der Waals surface area contributed by atoms with Gasteiger partial charge in [-0.25, -0.2) is 8.42 Å². The summed E-state index contributed by atoms with van der Waals surface area (Å²) in [4.78, 5) is 3.27. The van der Waals surface area contributed by atoms with Gasteiger partial charge in [0, 0.05) is 23.1 Å². The summed E-state index contributed by atoms with van der Waals surface area (Å²) in [6.45, 7) is 0.821. The van der Waals surface area contributed by atoms with Crippen LogP contribution in [0.5, 0.6) is 0 Å². The van der Waals surface area contributed by atoms with Crippen LogP contribution in [0.15, 0.2) is 30.5 Å². The average molecular weight is 292 g/mol. The lowest BCUT2D eigenvalue weighted by molar-refractivity contribution is 0.483. The van der Waals surface area contributed by atoms with E-state index in [9.17, 15) is 8.42 Å². The van der Waals surface area contributed by atoms with E-state index in [4.69, 9.17) is 0 Å². The second kappa shape index (κ2) is 5.58. The summed E-state index contributed by atoms with van der Waals surface area (Å²) in [5, 5.41) is 4.64. The van der Waals surface area contributed by atoms with Gasteiger partial charge < -0.3 is 10.3 Å². The average Bonchev–Trinajstić information content (AvgIpc) is 2.81. The van der Waals surface area contributed by atoms with E-state index in [1.54, 1.807) is 0 Å². The van der Waals surface area contributed by atoms with E-state index in [2.05, 4.69) is 22.4 Å². The second-order valence-corrected chi connectivity index (χ2v) is 7.75. The number of hydrogen-bond donors (Lipinski definition) is 2. The highest BCUT2D eigenvalue weighted by atomic mass is 32.2. The third kappa shape index (κ3) is 3.04. The van der Waals surface area contributed by atoms with Gasteiger partial charge in [-0.2, -0.15) is 0 Å². The van der Waals surface area contributed by atoms with E-state index >= 15 is 0 Å². The van der Waals surface area contributed by atoms with Gasteiger partial charge in [-0.15, -0.1) is 0 Å². The molecule has 1 aliphatic rings. The largest absolute Gasteiger partial charge is 0.361 e. The number of aromatic nitrogens is 1. The zero-order chi connectivity index (χ0) is 14.0. The molecule has 2 N–H and O–H groups in total. The first kappa shape index (κ1) is 13.6. The Morgan fingerprint density at radius 1 is 1.30 bits per heavy atom. The predicted octanol–water partition coefficient (Wildman–Crippen LogP) is 1.88. The van der Waals surface area contributed by atoms with Gasteiger partial charge in [-0.3, -0.25) is 0 Å². The van der Waals surface area contributed by atoms with Gasteiger partial charge in [0.05, 0.1) is 11.5 Å². The van der Waals surface area contributed by atoms with E-state index in [1.807, 2.05) is 18.3 Å². The smallest absolute Gasteiger partial charge is 0.151 e. The highest BCUT2D eigenvalue weighted by Crippen LogP contribution is 2.18. The molecule has 2 heterocycles. The first-order valence-electron chi connectivity index (χ1n) is 7.13. The molecule has 2 aromatic rings. The summed E-state index contributed by atoms with van der Waals surface area (Å²) in [5.74, 6) is 0.647. The SMILES string of the molecule is O=S1(=O)CCCC(NCCc2c[nH]c3ccccc23)C1. The maximum atomic E-state index is 11.6. The molecule has 1 aromatic heterocycles. The van der Waals surface area contributed by atoms with Crippen LogP contribution < -0.4 is 5.32 Å². The number of aromatic amines is 1. The van der Waals surface area contributed by atoms with Crippen LogP contribution in [0, 0.1) is 0 Å². The summed E-state index contributed by atoms with van der Waals surface area (Å²) < 4.78 is 23.2. The van der Waals surface area contributed by atoms with Crippen LogP contribution in [0.3, 0.4) is 0 Å². The van der Waals surface area contributed by atoms with E-state index in [0.29, 0.717) is 11.5 Å². The molecule has 4 nitrogen and oxygen atoms in total. The Hall–Kier alpha value is -1.33. The number of benzene rings is 1. The van der Waals surface area contributed by atoms with Crippen molar-refractivity contribution in [3.63, 3.8) is 0 Å². The number of hydrogen-bond acceptors (Lipinski definition) is 3. The number of fused-ring (bicyclic) bond motifs is 1. The van der Waals surface area contributed by atoms with Gasteiger partial charge in [0.15, 0.2) is 9.84 Å². The molecule has 1 unspecified atom stereocenters. The first-order valence-corrected chi connectivity index (χ1v) is 8.95. The van der Waals surface area contributed by atoms with Crippen molar-refractivity contribution in [2.45, 2.75) is 25.3 Å². The van der Waals surface area contributed by atoms with Gasteiger partial charge in [-0.1, -0.05) is 18.2 Å². The van der Waals surface area contributed by atoms with Crippen LogP contribution >= 0.6 is 0 Å².